The van der Waals surface area contributed by atoms with E-state index < -0.39 is 10.0 Å². The normalized spacial score (nSPS) is 14.0. The summed E-state index contributed by atoms with van der Waals surface area (Å²) in [6, 6.07) is 13.7. The average Bonchev–Trinajstić information content (AvgIpc) is 3.25. The first-order chi connectivity index (χ1) is 16.3. The van der Waals surface area contributed by atoms with E-state index in [1.54, 1.807) is 28.5 Å². The Morgan fingerprint density at radius 3 is 2.53 bits per heavy atom. The number of hydrogen-bond acceptors (Lipinski definition) is 7. The molecule has 2 N–H and O–H groups in total. The number of benzene rings is 2. The van der Waals surface area contributed by atoms with Crippen LogP contribution in [0.5, 0.6) is 0 Å². The first-order valence-corrected chi connectivity index (χ1v) is 13.0. The van der Waals surface area contributed by atoms with Gasteiger partial charge in [0.25, 0.3) is 10.0 Å². The number of anilines is 2. The Labute approximate surface area is 201 Å². The van der Waals surface area contributed by atoms with Crippen LogP contribution in [0.3, 0.4) is 0 Å². The molecule has 0 radical (unpaired) electrons. The average molecular weight is 501 g/mol. The van der Waals surface area contributed by atoms with Gasteiger partial charge in [-0.25, -0.2) is 13.4 Å². The number of carbonyl (C=O) groups is 2. The summed E-state index contributed by atoms with van der Waals surface area (Å²) in [5, 5.41) is 4.62. The Bertz CT molecular complexity index is 1280. The highest BCUT2D eigenvalue weighted by molar-refractivity contribution is 7.93. The van der Waals surface area contributed by atoms with Crippen molar-refractivity contribution in [1.82, 2.24) is 9.88 Å². The predicted octanol–water partition coefficient (Wildman–Crippen LogP) is 2.97. The lowest BCUT2D eigenvalue weighted by Crippen LogP contribution is -2.41. The Balaban J connectivity index is 1.42. The maximum absolute atomic E-state index is 12.8. The van der Waals surface area contributed by atoms with E-state index in [1.807, 2.05) is 18.2 Å². The van der Waals surface area contributed by atoms with Crippen molar-refractivity contribution in [3.8, 4) is 11.1 Å². The molecule has 1 saturated heterocycles. The Hall–Kier alpha value is -3.28. The lowest BCUT2D eigenvalue weighted by molar-refractivity contribution is -0.134. The van der Waals surface area contributed by atoms with E-state index in [4.69, 9.17) is 4.74 Å². The number of nitrogens with zero attached hydrogens (tertiary/aromatic N) is 2. The quantitative estimate of drug-likeness (QED) is 0.515. The number of nitrogens with one attached hydrogen (secondary N) is 2. The van der Waals surface area contributed by atoms with Crippen LogP contribution in [0.25, 0.3) is 11.1 Å². The van der Waals surface area contributed by atoms with Gasteiger partial charge in [-0.15, -0.1) is 11.3 Å². The fourth-order valence-electron chi connectivity index (χ4n) is 3.49. The second kappa shape index (κ2) is 10.3. The molecule has 0 aliphatic carbocycles. The summed E-state index contributed by atoms with van der Waals surface area (Å²) in [6.45, 7) is 3.58. The van der Waals surface area contributed by atoms with Gasteiger partial charge < -0.3 is 15.0 Å². The van der Waals surface area contributed by atoms with E-state index >= 15 is 0 Å². The Morgan fingerprint density at radius 2 is 1.82 bits per heavy atom. The summed E-state index contributed by atoms with van der Waals surface area (Å²) in [5.41, 5.74) is 2.84. The van der Waals surface area contributed by atoms with Crippen molar-refractivity contribution >= 4 is 44.0 Å². The summed E-state index contributed by atoms with van der Waals surface area (Å²) in [7, 11) is -3.84. The molecule has 0 bridgehead atoms. The van der Waals surface area contributed by atoms with Crippen molar-refractivity contribution in [3.63, 3.8) is 0 Å². The Kier molecular flexibility index (Phi) is 7.25. The second-order valence-electron chi connectivity index (χ2n) is 7.71. The van der Waals surface area contributed by atoms with E-state index in [9.17, 15) is 18.0 Å². The van der Waals surface area contributed by atoms with Crippen molar-refractivity contribution in [1.29, 1.82) is 0 Å². The van der Waals surface area contributed by atoms with Gasteiger partial charge in [-0.2, -0.15) is 0 Å². The van der Waals surface area contributed by atoms with Gasteiger partial charge in [0.15, 0.2) is 5.13 Å². The number of ether oxygens (including phenoxy) is 1. The monoisotopic (exact) mass is 500 g/mol. The summed E-state index contributed by atoms with van der Waals surface area (Å²) in [5.74, 6) is -0.221. The minimum absolute atomic E-state index is 0.0545. The first-order valence-electron chi connectivity index (χ1n) is 10.6. The van der Waals surface area contributed by atoms with Crippen molar-refractivity contribution in [2.75, 3.05) is 36.3 Å². The summed E-state index contributed by atoms with van der Waals surface area (Å²) in [4.78, 5) is 29.7. The number of rotatable bonds is 7. The topological polar surface area (TPSA) is 118 Å². The molecule has 2 amide bonds. The van der Waals surface area contributed by atoms with E-state index in [-0.39, 0.29) is 28.3 Å². The molecule has 34 heavy (non-hydrogen) atoms. The second-order valence-corrected chi connectivity index (χ2v) is 10.2. The van der Waals surface area contributed by atoms with Gasteiger partial charge in [-0.05, 0) is 35.4 Å². The fraction of sp³-hybridized carbons (Fsp3) is 0.261. The van der Waals surface area contributed by atoms with E-state index in [1.165, 1.54) is 19.1 Å². The van der Waals surface area contributed by atoms with Crippen LogP contribution in [-0.2, 0) is 30.8 Å². The van der Waals surface area contributed by atoms with Crippen molar-refractivity contribution in [3.05, 3.63) is 59.6 Å². The van der Waals surface area contributed by atoms with Crippen LogP contribution >= 0.6 is 11.3 Å². The number of hydrogen-bond donors (Lipinski definition) is 2. The molecular formula is C23H24N4O5S2. The van der Waals surface area contributed by atoms with Crippen LogP contribution in [0.1, 0.15) is 12.6 Å². The third kappa shape index (κ3) is 5.99. The van der Waals surface area contributed by atoms with Crippen molar-refractivity contribution in [2.45, 2.75) is 18.2 Å². The number of morpholine rings is 1. The van der Waals surface area contributed by atoms with Gasteiger partial charge >= 0.3 is 0 Å². The molecule has 4 rings (SSSR count). The molecule has 9 nitrogen and oxygen atoms in total. The highest BCUT2D eigenvalue weighted by Crippen LogP contribution is 2.26. The minimum atomic E-state index is -3.84. The maximum atomic E-state index is 12.8. The van der Waals surface area contributed by atoms with Crippen LogP contribution in [-0.4, -0.2) is 56.4 Å². The van der Waals surface area contributed by atoms with Crippen LogP contribution in [0, 0.1) is 0 Å². The number of aromatic nitrogens is 1. The zero-order valence-corrected chi connectivity index (χ0v) is 20.1. The molecule has 2 aromatic carbocycles. The van der Waals surface area contributed by atoms with Crippen molar-refractivity contribution in [2.24, 2.45) is 0 Å². The smallest absolute Gasteiger partial charge is 0.263 e. The van der Waals surface area contributed by atoms with E-state index in [0.717, 1.165) is 22.5 Å². The lowest BCUT2D eigenvalue weighted by Gasteiger charge is -2.26. The minimum Gasteiger partial charge on any atom is -0.378 e. The summed E-state index contributed by atoms with van der Waals surface area (Å²) in [6.07, 6.45) is 0.116. The van der Waals surface area contributed by atoms with E-state index in [2.05, 4.69) is 15.0 Å². The maximum Gasteiger partial charge on any atom is 0.263 e. The summed E-state index contributed by atoms with van der Waals surface area (Å²) < 4.78 is 33.4. The van der Waals surface area contributed by atoms with Crippen LogP contribution < -0.4 is 10.0 Å². The first kappa shape index (κ1) is 23.9. The van der Waals surface area contributed by atoms with Gasteiger partial charge in [-0.1, -0.05) is 24.3 Å². The molecule has 0 unspecified atom stereocenters. The fourth-order valence-corrected chi connectivity index (χ4v) is 5.46. The molecule has 0 saturated carbocycles. The lowest BCUT2D eigenvalue weighted by atomic mass is 10.1. The molecule has 0 spiro atoms. The molecule has 0 atom stereocenters. The number of thiazole rings is 1. The van der Waals surface area contributed by atoms with E-state index in [0.29, 0.717) is 37.7 Å². The molecule has 1 aromatic heterocycles. The van der Waals surface area contributed by atoms with Gasteiger partial charge in [0.2, 0.25) is 11.8 Å². The number of amides is 2. The van der Waals surface area contributed by atoms with Crippen molar-refractivity contribution < 1.29 is 22.7 Å². The Morgan fingerprint density at radius 1 is 1.09 bits per heavy atom. The third-order valence-electron chi connectivity index (χ3n) is 5.15. The number of carbonyl (C=O) groups excluding carboxylic acids is 2. The highest BCUT2D eigenvalue weighted by atomic mass is 32.2. The molecule has 1 aliphatic heterocycles. The van der Waals surface area contributed by atoms with Gasteiger partial charge in [0, 0.05) is 31.1 Å². The van der Waals surface area contributed by atoms with Gasteiger partial charge in [-0.3, -0.25) is 14.3 Å². The predicted molar refractivity (Wildman–Crippen MR) is 130 cm³/mol. The molecule has 1 fully saturated rings. The third-order valence-corrected chi connectivity index (χ3v) is 7.44. The zero-order valence-electron chi connectivity index (χ0n) is 18.5. The molecule has 178 valence electrons. The molecular weight excluding hydrogens is 476 g/mol. The van der Waals surface area contributed by atoms with Gasteiger partial charge in [0.1, 0.15) is 0 Å². The molecule has 3 aromatic rings. The largest absolute Gasteiger partial charge is 0.378 e. The standard InChI is InChI=1S/C23H24N4O5S2/c1-16(28)24-19-4-2-3-18(13-19)17-5-7-21(8-6-17)34(30,31)26-23-25-20(15-33-23)14-22(29)27-9-11-32-12-10-27/h2-8,13,15H,9-12,14H2,1H3,(H,24,28)(H,25,26). The number of sulfonamides is 1. The zero-order chi connectivity index (χ0) is 24.1. The molecule has 1 aliphatic rings. The van der Waals surface area contributed by atoms with Crippen LogP contribution in [0.4, 0.5) is 10.8 Å². The molecule has 2 heterocycles. The van der Waals surface area contributed by atoms with Crippen LogP contribution in [0.15, 0.2) is 58.8 Å². The SMILES string of the molecule is CC(=O)Nc1cccc(-c2ccc(S(=O)(=O)Nc3nc(CC(=O)N4CCOCC4)cs3)cc2)c1. The van der Waals surface area contributed by atoms with Crippen LogP contribution in [0.2, 0.25) is 0 Å². The highest BCUT2D eigenvalue weighted by Gasteiger charge is 2.20. The molecule has 11 heteroatoms. The van der Waals surface area contributed by atoms with Gasteiger partial charge in [0.05, 0.1) is 30.2 Å². The summed E-state index contributed by atoms with van der Waals surface area (Å²) >= 11 is 1.13.